The summed E-state index contributed by atoms with van der Waals surface area (Å²) in [5.41, 5.74) is 0.704. The topological polar surface area (TPSA) is 43.9 Å². The Balaban J connectivity index is 1.59. The Hall–Kier alpha value is -1.09. The van der Waals surface area contributed by atoms with Crippen molar-refractivity contribution in [2.24, 2.45) is 11.8 Å². The van der Waals surface area contributed by atoms with Crippen molar-refractivity contribution in [3.63, 3.8) is 0 Å². The van der Waals surface area contributed by atoms with E-state index in [-0.39, 0.29) is 23.9 Å². The van der Waals surface area contributed by atoms with E-state index in [4.69, 9.17) is 0 Å². The maximum absolute atomic E-state index is 13.8. The molecule has 1 aromatic carbocycles. The van der Waals surface area contributed by atoms with Gasteiger partial charge in [0.05, 0.1) is 0 Å². The maximum atomic E-state index is 13.8. The van der Waals surface area contributed by atoms with Crippen molar-refractivity contribution in [2.45, 2.75) is 37.8 Å². The molecule has 27 heavy (non-hydrogen) atoms. The van der Waals surface area contributed by atoms with Gasteiger partial charge < -0.3 is 0 Å². The van der Waals surface area contributed by atoms with Crippen LogP contribution in [0.25, 0.3) is 0 Å². The molecule has 0 radical (unpaired) electrons. The number of benzene rings is 1. The van der Waals surface area contributed by atoms with Crippen LogP contribution in [0.1, 0.15) is 37.3 Å². The second-order valence-electron chi connectivity index (χ2n) is 8.38. The van der Waals surface area contributed by atoms with Crippen LogP contribution >= 0.6 is 0 Å². The third-order valence-electron chi connectivity index (χ3n) is 6.41. The summed E-state index contributed by atoms with van der Waals surface area (Å²) in [6.07, 6.45) is 3.93. The minimum atomic E-state index is -3.41. The Morgan fingerprint density at radius 2 is 1.74 bits per heavy atom. The Kier molecular flexibility index (Phi) is 5.03. The summed E-state index contributed by atoms with van der Waals surface area (Å²) in [6, 6.07) is 4.09. The summed E-state index contributed by atoms with van der Waals surface area (Å²) in [5.74, 6) is -0.540. The van der Waals surface area contributed by atoms with Gasteiger partial charge in [-0.3, -0.25) is 4.90 Å². The highest BCUT2D eigenvalue weighted by molar-refractivity contribution is 7.86. The minimum Gasteiger partial charge on any atom is -0.293 e. The SMILES string of the molecule is CN(C)S(=O)(=O)N1C[C@@H]2C[C@H](C1)[C@@H]1CCC[C@H](c3cc(F)cc(F)c3)N1C2. The van der Waals surface area contributed by atoms with E-state index in [1.165, 1.54) is 16.4 Å². The lowest BCUT2D eigenvalue weighted by Crippen LogP contribution is -2.61. The van der Waals surface area contributed by atoms with Crippen LogP contribution in [-0.4, -0.2) is 61.7 Å². The van der Waals surface area contributed by atoms with Crippen molar-refractivity contribution in [1.82, 2.24) is 13.5 Å². The molecule has 0 unspecified atom stereocenters. The Bertz CT molecular complexity index is 797. The van der Waals surface area contributed by atoms with Crippen LogP contribution in [0.4, 0.5) is 8.78 Å². The first-order valence-corrected chi connectivity index (χ1v) is 11.0. The number of piperidine rings is 3. The third-order valence-corrected chi connectivity index (χ3v) is 8.28. The average molecular weight is 400 g/mol. The van der Waals surface area contributed by atoms with Crippen LogP contribution in [0.5, 0.6) is 0 Å². The summed E-state index contributed by atoms with van der Waals surface area (Å²) in [5, 5.41) is 0. The first kappa shape index (κ1) is 19.2. The second kappa shape index (κ2) is 7.06. The average Bonchev–Trinajstić information content (AvgIpc) is 2.60. The van der Waals surface area contributed by atoms with E-state index in [2.05, 4.69) is 4.90 Å². The van der Waals surface area contributed by atoms with E-state index in [1.807, 2.05) is 0 Å². The van der Waals surface area contributed by atoms with Gasteiger partial charge in [-0.25, -0.2) is 8.78 Å². The molecular formula is C19H27F2N3O2S. The zero-order valence-corrected chi connectivity index (χ0v) is 16.6. The van der Waals surface area contributed by atoms with Gasteiger partial charge in [0.15, 0.2) is 0 Å². The summed E-state index contributed by atoms with van der Waals surface area (Å²) < 4.78 is 55.6. The van der Waals surface area contributed by atoms with Crippen molar-refractivity contribution in [3.05, 3.63) is 35.4 Å². The zero-order valence-electron chi connectivity index (χ0n) is 15.8. The lowest BCUT2D eigenvalue weighted by atomic mass is 9.74. The van der Waals surface area contributed by atoms with Crippen LogP contribution in [0.15, 0.2) is 18.2 Å². The molecule has 3 heterocycles. The normalized spacial score (nSPS) is 32.5. The Morgan fingerprint density at radius 3 is 2.41 bits per heavy atom. The quantitative estimate of drug-likeness (QED) is 0.785. The van der Waals surface area contributed by atoms with Gasteiger partial charge >= 0.3 is 0 Å². The van der Waals surface area contributed by atoms with Crippen LogP contribution in [0, 0.1) is 23.5 Å². The monoisotopic (exact) mass is 399 g/mol. The molecule has 0 N–H and O–H groups in total. The summed E-state index contributed by atoms with van der Waals surface area (Å²) in [4.78, 5) is 2.40. The molecule has 3 saturated heterocycles. The summed E-state index contributed by atoms with van der Waals surface area (Å²) in [7, 11) is -0.267. The highest BCUT2D eigenvalue weighted by Crippen LogP contribution is 2.45. The van der Waals surface area contributed by atoms with Crippen molar-refractivity contribution < 1.29 is 17.2 Å². The van der Waals surface area contributed by atoms with Crippen molar-refractivity contribution in [1.29, 1.82) is 0 Å². The molecule has 0 amide bonds. The van der Waals surface area contributed by atoms with Gasteiger partial charge in [-0.1, -0.05) is 0 Å². The molecule has 1 aromatic rings. The van der Waals surface area contributed by atoms with Crippen LogP contribution < -0.4 is 0 Å². The number of hydrogen-bond acceptors (Lipinski definition) is 3. The number of hydrogen-bond donors (Lipinski definition) is 0. The first-order chi connectivity index (χ1) is 12.8. The van der Waals surface area contributed by atoms with Crippen molar-refractivity contribution >= 4 is 10.2 Å². The summed E-state index contributed by atoms with van der Waals surface area (Å²) >= 11 is 0. The van der Waals surface area contributed by atoms with Gasteiger partial charge in [0.25, 0.3) is 10.2 Å². The number of halogens is 2. The molecule has 0 aliphatic carbocycles. The Labute approximate surface area is 160 Å². The second-order valence-corrected chi connectivity index (χ2v) is 10.5. The van der Waals surface area contributed by atoms with E-state index in [0.717, 1.165) is 38.3 Å². The van der Waals surface area contributed by atoms with Crippen LogP contribution in [-0.2, 0) is 10.2 Å². The highest BCUT2D eigenvalue weighted by Gasteiger charge is 2.47. The fourth-order valence-corrected chi connectivity index (χ4v) is 6.55. The molecule has 3 fully saturated rings. The van der Waals surface area contributed by atoms with Crippen LogP contribution in [0.3, 0.4) is 0 Å². The standard InChI is InChI=1S/C19H27F2N3O2S/c1-22(2)27(25,26)23-10-13-6-15(12-23)19-5-3-4-18(24(19)11-13)14-7-16(20)9-17(21)8-14/h7-9,13,15,18-19H,3-6,10-12H2,1-2H3/t13-,15+,18+,19-/m0/s1. The molecule has 150 valence electrons. The van der Waals surface area contributed by atoms with E-state index in [1.54, 1.807) is 18.4 Å². The highest BCUT2D eigenvalue weighted by atomic mass is 32.2. The van der Waals surface area contributed by atoms with E-state index < -0.39 is 21.8 Å². The Morgan fingerprint density at radius 1 is 1.04 bits per heavy atom. The largest absolute Gasteiger partial charge is 0.293 e. The summed E-state index contributed by atoms with van der Waals surface area (Å²) in [6.45, 7) is 1.83. The molecule has 3 aliphatic heterocycles. The van der Waals surface area contributed by atoms with Crippen molar-refractivity contribution in [3.8, 4) is 0 Å². The lowest BCUT2D eigenvalue weighted by molar-refractivity contribution is -0.0423. The van der Waals surface area contributed by atoms with Gasteiger partial charge in [0, 0.05) is 51.9 Å². The molecule has 4 rings (SSSR count). The van der Waals surface area contributed by atoms with E-state index in [0.29, 0.717) is 18.7 Å². The number of rotatable bonds is 3. The number of fused-ring (bicyclic) bond motifs is 4. The molecule has 0 saturated carbocycles. The lowest BCUT2D eigenvalue weighted by Gasteiger charge is -2.55. The molecular weight excluding hydrogens is 372 g/mol. The molecule has 5 nitrogen and oxygen atoms in total. The predicted molar refractivity (Wildman–Crippen MR) is 99.2 cm³/mol. The smallest absolute Gasteiger partial charge is 0.281 e. The van der Waals surface area contributed by atoms with Gasteiger partial charge in [0.2, 0.25) is 0 Å². The van der Waals surface area contributed by atoms with E-state index in [9.17, 15) is 17.2 Å². The van der Waals surface area contributed by atoms with Crippen molar-refractivity contribution in [2.75, 3.05) is 33.7 Å². The third kappa shape index (κ3) is 3.52. The molecule has 2 bridgehead atoms. The molecule has 4 atom stereocenters. The minimum absolute atomic E-state index is 0.0104. The number of nitrogens with zero attached hydrogens (tertiary/aromatic N) is 3. The van der Waals surface area contributed by atoms with Crippen LogP contribution in [0.2, 0.25) is 0 Å². The van der Waals surface area contributed by atoms with E-state index >= 15 is 0 Å². The molecule has 8 heteroatoms. The zero-order chi connectivity index (χ0) is 19.3. The fourth-order valence-electron chi connectivity index (χ4n) is 5.31. The first-order valence-electron chi connectivity index (χ1n) is 9.65. The molecule has 0 aromatic heterocycles. The predicted octanol–water partition coefficient (Wildman–Crippen LogP) is 2.62. The molecule has 3 aliphatic rings. The fraction of sp³-hybridized carbons (Fsp3) is 0.684. The van der Waals surface area contributed by atoms with Gasteiger partial charge in [-0.15, -0.1) is 0 Å². The van der Waals surface area contributed by atoms with Gasteiger partial charge in [0.1, 0.15) is 11.6 Å². The van der Waals surface area contributed by atoms with Gasteiger partial charge in [-0.2, -0.15) is 17.0 Å². The molecule has 0 spiro atoms. The van der Waals surface area contributed by atoms with Gasteiger partial charge in [-0.05, 0) is 55.2 Å². The maximum Gasteiger partial charge on any atom is 0.281 e.